The van der Waals surface area contributed by atoms with Crippen LogP contribution in [0.15, 0.2) is 120 Å². The van der Waals surface area contributed by atoms with E-state index in [0.717, 1.165) is 45.2 Å². The van der Waals surface area contributed by atoms with Crippen LogP contribution in [0.4, 0.5) is 5.69 Å². The first kappa shape index (κ1) is 21.2. The fourth-order valence-electron chi connectivity index (χ4n) is 3.69. The highest BCUT2D eigenvalue weighted by Crippen LogP contribution is 2.28. The zero-order chi connectivity index (χ0) is 23.2. The second kappa shape index (κ2) is 9.88. The van der Waals surface area contributed by atoms with Crippen LogP contribution in [0.3, 0.4) is 0 Å². The van der Waals surface area contributed by atoms with E-state index in [0.29, 0.717) is 0 Å². The number of aromatic nitrogens is 2. The first-order chi connectivity index (χ1) is 16.8. The number of nitrogens with one attached hydrogen (secondary N) is 1. The van der Waals surface area contributed by atoms with Crippen molar-refractivity contribution >= 4 is 11.9 Å². The molecule has 0 radical (unpaired) electrons. The molecule has 166 valence electrons. The summed E-state index contributed by atoms with van der Waals surface area (Å²) in [5.74, 6) is 0.814. The third-order valence-corrected chi connectivity index (χ3v) is 5.48. The van der Waals surface area contributed by atoms with Gasteiger partial charge in [-0.3, -0.25) is 5.43 Å². The molecule has 0 aliphatic carbocycles. The van der Waals surface area contributed by atoms with Crippen LogP contribution in [-0.4, -0.2) is 23.1 Å². The van der Waals surface area contributed by atoms with E-state index in [-0.39, 0.29) is 0 Å². The molecule has 5 rings (SSSR count). The van der Waals surface area contributed by atoms with Crippen molar-refractivity contribution < 1.29 is 4.74 Å². The normalized spacial score (nSPS) is 11.0. The Kier molecular flexibility index (Phi) is 6.16. The van der Waals surface area contributed by atoms with E-state index in [2.05, 4.69) is 53.0 Å². The third kappa shape index (κ3) is 4.74. The van der Waals surface area contributed by atoms with Gasteiger partial charge in [-0.2, -0.15) is 10.2 Å². The predicted molar refractivity (Wildman–Crippen MR) is 139 cm³/mol. The molecule has 0 saturated carbocycles. The van der Waals surface area contributed by atoms with Gasteiger partial charge in [-0.25, -0.2) is 4.68 Å². The molecule has 4 aromatic carbocycles. The molecular formula is C29H24N4O. The van der Waals surface area contributed by atoms with E-state index >= 15 is 0 Å². The van der Waals surface area contributed by atoms with Crippen molar-refractivity contribution in [3.8, 4) is 34.0 Å². The van der Waals surface area contributed by atoms with Gasteiger partial charge in [0, 0.05) is 11.1 Å². The number of hydrogen-bond acceptors (Lipinski definition) is 4. The van der Waals surface area contributed by atoms with Crippen molar-refractivity contribution in [1.29, 1.82) is 0 Å². The monoisotopic (exact) mass is 444 g/mol. The highest BCUT2D eigenvalue weighted by Gasteiger charge is 2.13. The zero-order valence-electron chi connectivity index (χ0n) is 18.8. The fourth-order valence-corrected chi connectivity index (χ4v) is 3.69. The Labute approximate surface area is 199 Å². The first-order valence-corrected chi connectivity index (χ1v) is 11.0. The Hall–Kier alpha value is -4.64. The molecule has 0 fully saturated rings. The Bertz CT molecular complexity index is 1370. The number of hydrogen-bond donors (Lipinski definition) is 1. The minimum absolute atomic E-state index is 0.814. The topological polar surface area (TPSA) is 51.4 Å². The van der Waals surface area contributed by atoms with Crippen LogP contribution in [-0.2, 0) is 0 Å². The number of nitrogens with zero attached hydrogens (tertiary/aromatic N) is 3. The second-order valence-electron chi connectivity index (χ2n) is 7.75. The lowest BCUT2D eigenvalue weighted by molar-refractivity contribution is 0.415. The molecule has 0 unspecified atom stereocenters. The largest absolute Gasteiger partial charge is 0.497 e. The van der Waals surface area contributed by atoms with Crippen LogP contribution in [0.1, 0.15) is 5.56 Å². The van der Waals surface area contributed by atoms with E-state index in [1.165, 1.54) is 0 Å². The van der Waals surface area contributed by atoms with Gasteiger partial charge in [-0.1, -0.05) is 72.8 Å². The van der Waals surface area contributed by atoms with Crippen molar-refractivity contribution in [3.63, 3.8) is 0 Å². The first-order valence-electron chi connectivity index (χ1n) is 11.0. The number of hydrazone groups is 1. The standard InChI is InChI=1S/C29H24N4O/c1-34-27-18-14-25(15-19-27)31-30-21-22-12-16-26(17-13-22)33-29(24-10-6-3-7-11-24)20-28(32-33)23-8-4-2-5-9-23/h2-21,31H,1H3/b30-21+. The summed E-state index contributed by atoms with van der Waals surface area (Å²) in [6, 6.07) is 38.5. The molecule has 0 atom stereocenters. The van der Waals surface area contributed by atoms with Gasteiger partial charge >= 0.3 is 0 Å². The minimum Gasteiger partial charge on any atom is -0.497 e. The third-order valence-electron chi connectivity index (χ3n) is 5.48. The average Bonchev–Trinajstić information content (AvgIpc) is 3.36. The van der Waals surface area contributed by atoms with Gasteiger partial charge in [0.15, 0.2) is 0 Å². The number of benzene rings is 4. The lowest BCUT2D eigenvalue weighted by atomic mass is 10.1. The van der Waals surface area contributed by atoms with Gasteiger partial charge in [-0.05, 0) is 48.0 Å². The lowest BCUT2D eigenvalue weighted by Crippen LogP contribution is -1.99. The van der Waals surface area contributed by atoms with Gasteiger partial charge in [0.1, 0.15) is 5.75 Å². The summed E-state index contributed by atoms with van der Waals surface area (Å²) < 4.78 is 7.17. The van der Waals surface area contributed by atoms with E-state index in [1.54, 1.807) is 13.3 Å². The molecule has 5 aromatic rings. The smallest absolute Gasteiger partial charge is 0.119 e. The van der Waals surface area contributed by atoms with Crippen LogP contribution >= 0.6 is 0 Å². The minimum atomic E-state index is 0.814. The summed E-state index contributed by atoms with van der Waals surface area (Å²) in [6.07, 6.45) is 1.80. The number of anilines is 1. The van der Waals surface area contributed by atoms with E-state index in [1.807, 2.05) is 77.5 Å². The summed E-state index contributed by atoms with van der Waals surface area (Å²) >= 11 is 0. The van der Waals surface area contributed by atoms with Crippen LogP contribution in [0.5, 0.6) is 5.75 Å². The van der Waals surface area contributed by atoms with Crippen molar-refractivity contribution in [2.45, 2.75) is 0 Å². The molecule has 0 saturated heterocycles. The Morgan fingerprint density at radius 2 is 1.41 bits per heavy atom. The summed E-state index contributed by atoms with van der Waals surface area (Å²) in [5.41, 5.74) is 10.1. The SMILES string of the molecule is COc1ccc(N/N=C/c2ccc(-n3nc(-c4ccccc4)cc3-c3ccccc3)cc2)cc1. The van der Waals surface area contributed by atoms with Gasteiger partial charge in [0.05, 0.1) is 36.1 Å². The Morgan fingerprint density at radius 1 is 0.765 bits per heavy atom. The van der Waals surface area contributed by atoms with E-state index in [4.69, 9.17) is 9.84 Å². The second-order valence-corrected chi connectivity index (χ2v) is 7.75. The molecule has 0 spiro atoms. The van der Waals surface area contributed by atoms with Crippen LogP contribution in [0, 0.1) is 0 Å². The maximum atomic E-state index is 5.18. The Morgan fingerprint density at radius 3 is 2.06 bits per heavy atom. The zero-order valence-corrected chi connectivity index (χ0v) is 18.8. The quantitative estimate of drug-likeness (QED) is 0.226. The summed E-state index contributed by atoms with van der Waals surface area (Å²) in [5, 5.41) is 9.27. The average molecular weight is 445 g/mol. The number of rotatable bonds is 7. The summed E-state index contributed by atoms with van der Waals surface area (Å²) in [7, 11) is 1.65. The highest BCUT2D eigenvalue weighted by molar-refractivity contribution is 5.80. The van der Waals surface area contributed by atoms with Crippen LogP contribution < -0.4 is 10.2 Å². The predicted octanol–water partition coefficient (Wildman–Crippen LogP) is 6.66. The van der Waals surface area contributed by atoms with Crippen molar-refractivity contribution in [2.24, 2.45) is 5.10 Å². The van der Waals surface area contributed by atoms with Gasteiger partial charge in [0.2, 0.25) is 0 Å². The molecule has 1 N–H and O–H groups in total. The maximum absolute atomic E-state index is 5.18. The van der Waals surface area contributed by atoms with Crippen LogP contribution in [0.25, 0.3) is 28.2 Å². The summed E-state index contributed by atoms with van der Waals surface area (Å²) in [4.78, 5) is 0. The van der Waals surface area contributed by atoms with Crippen molar-refractivity contribution in [3.05, 3.63) is 121 Å². The van der Waals surface area contributed by atoms with Gasteiger partial charge in [0.25, 0.3) is 0 Å². The molecule has 0 aliphatic rings. The molecule has 1 aromatic heterocycles. The van der Waals surface area contributed by atoms with Crippen molar-refractivity contribution in [2.75, 3.05) is 12.5 Å². The van der Waals surface area contributed by atoms with E-state index in [9.17, 15) is 0 Å². The molecule has 0 amide bonds. The molecule has 0 bridgehead atoms. The molecule has 0 aliphatic heterocycles. The summed E-state index contributed by atoms with van der Waals surface area (Å²) in [6.45, 7) is 0. The fraction of sp³-hybridized carbons (Fsp3) is 0.0345. The highest BCUT2D eigenvalue weighted by atomic mass is 16.5. The molecule has 5 heteroatoms. The van der Waals surface area contributed by atoms with Gasteiger partial charge in [-0.15, -0.1) is 0 Å². The number of ether oxygens (including phenoxy) is 1. The molecule has 5 nitrogen and oxygen atoms in total. The lowest BCUT2D eigenvalue weighted by Gasteiger charge is -2.08. The van der Waals surface area contributed by atoms with E-state index < -0.39 is 0 Å². The van der Waals surface area contributed by atoms with Crippen LogP contribution in [0.2, 0.25) is 0 Å². The maximum Gasteiger partial charge on any atom is 0.119 e. The molecule has 1 heterocycles. The molecule has 34 heavy (non-hydrogen) atoms. The number of methoxy groups -OCH3 is 1. The van der Waals surface area contributed by atoms with Gasteiger partial charge < -0.3 is 4.74 Å². The van der Waals surface area contributed by atoms with Crippen molar-refractivity contribution in [1.82, 2.24) is 9.78 Å². The Balaban J connectivity index is 1.40. The molecular weight excluding hydrogens is 420 g/mol.